The molecule has 0 aliphatic carbocycles. The van der Waals surface area contributed by atoms with Crippen molar-refractivity contribution < 1.29 is 13.9 Å². The molecule has 0 aliphatic heterocycles. The molecule has 1 aromatic carbocycles. The van der Waals surface area contributed by atoms with Crippen molar-refractivity contribution in [3.05, 3.63) is 48.8 Å². The quantitative estimate of drug-likeness (QED) is 0.606. The molecule has 2 rings (SSSR count). The zero-order chi connectivity index (χ0) is 14.0. The summed E-state index contributed by atoms with van der Waals surface area (Å²) in [7, 11) is 0. The third-order valence-corrected chi connectivity index (χ3v) is 4.53. The van der Waals surface area contributed by atoms with Gasteiger partial charge in [0.05, 0.1) is 15.0 Å². The molecule has 0 saturated heterocycles. The van der Waals surface area contributed by atoms with E-state index in [2.05, 4.69) is 31.9 Å². The van der Waals surface area contributed by atoms with Crippen molar-refractivity contribution in [1.82, 2.24) is 0 Å². The first-order valence-corrected chi connectivity index (χ1v) is 7.53. The lowest BCUT2D eigenvalue weighted by Crippen LogP contribution is -2.07. The Morgan fingerprint density at radius 1 is 1.37 bits per heavy atom. The molecule has 0 fully saturated rings. The summed E-state index contributed by atoms with van der Waals surface area (Å²) in [6, 6.07) is 6.13. The molecule has 2 N–H and O–H groups in total. The summed E-state index contributed by atoms with van der Waals surface area (Å²) in [5.74, 6) is -1.13. The summed E-state index contributed by atoms with van der Waals surface area (Å²) in [6.07, 6.45) is 0. The van der Waals surface area contributed by atoms with Gasteiger partial charge in [0.15, 0.2) is 0 Å². The number of carbonyl (C=O) groups excluding carboxylic acids is 1. The summed E-state index contributed by atoms with van der Waals surface area (Å²) in [4.78, 5) is 12.8. The SMILES string of the molecule is Nc1cc(C(=O)OCc2ccc(Br)s2)c(Br)cc1F. The van der Waals surface area contributed by atoms with E-state index in [0.717, 1.165) is 14.7 Å². The molecule has 2 aromatic rings. The molecule has 0 amide bonds. The van der Waals surface area contributed by atoms with E-state index in [4.69, 9.17) is 10.5 Å². The Balaban J connectivity index is 2.10. The summed E-state index contributed by atoms with van der Waals surface area (Å²) in [5.41, 5.74) is 5.54. The topological polar surface area (TPSA) is 52.3 Å². The number of hydrogen-bond donors (Lipinski definition) is 1. The van der Waals surface area contributed by atoms with Crippen molar-refractivity contribution in [2.45, 2.75) is 6.61 Å². The van der Waals surface area contributed by atoms with Crippen molar-refractivity contribution in [3.8, 4) is 0 Å². The Hall–Kier alpha value is -0.920. The number of rotatable bonds is 3. The van der Waals surface area contributed by atoms with Gasteiger partial charge >= 0.3 is 5.97 Å². The van der Waals surface area contributed by atoms with Gasteiger partial charge < -0.3 is 10.5 Å². The first-order valence-electron chi connectivity index (χ1n) is 5.13. The number of hydrogen-bond acceptors (Lipinski definition) is 4. The molecular weight excluding hydrogens is 401 g/mol. The number of benzene rings is 1. The second-order valence-corrected chi connectivity index (χ2v) is 7.04. The lowest BCUT2D eigenvalue weighted by molar-refractivity contribution is 0.0475. The smallest absolute Gasteiger partial charge is 0.339 e. The van der Waals surface area contributed by atoms with E-state index in [1.165, 1.54) is 17.4 Å². The van der Waals surface area contributed by atoms with Crippen LogP contribution in [0.15, 0.2) is 32.5 Å². The molecule has 100 valence electrons. The molecule has 1 heterocycles. The Labute approximate surface area is 129 Å². The fraction of sp³-hybridized carbons (Fsp3) is 0.0833. The van der Waals surface area contributed by atoms with Gasteiger partial charge in [-0.25, -0.2) is 9.18 Å². The number of nitrogens with two attached hydrogens (primary N) is 1. The van der Waals surface area contributed by atoms with Gasteiger partial charge in [-0.3, -0.25) is 0 Å². The molecule has 0 atom stereocenters. The summed E-state index contributed by atoms with van der Waals surface area (Å²) in [6.45, 7) is 0.165. The zero-order valence-electron chi connectivity index (χ0n) is 9.45. The number of halogens is 3. The van der Waals surface area contributed by atoms with Crippen LogP contribution in [0.5, 0.6) is 0 Å². The number of nitrogen functional groups attached to an aromatic ring is 1. The van der Waals surface area contributed by atoms with Gasteiger partial charge in [0.25, 0.3) is 0 Å². The van der Waals surface area contributed by atoms with Gasteiger partial charge in [-0.2, -0.15) is 0 Å². The average Bonchev–Trinajstić information content (AvgIpc) is 2.77. The zero-order valence-corrected chi connectivity index (χ0v) is 13.4. The molecule has 0 radical (unpaired) electrons. The number of thiophene rings is 1. The van der Waals surface area contributed by atoms with Gasteiger partial charge in [-0.15, -0.1) is 11.3 Å². The molecule has 0 aliphatic rings. The first kappa shape index (κ1) is 14.5. The maximum absolute atomic E-state index is 13.2. The standard InChI is InChI=1S/C12H8Br2FNO2S/c13-8-4-9(15)10(16)3-7(8)12(17)18-5-6-1-2-11(14)19-6/h1-4H,5,16H2. The third kappa shape index (κ3) is 3.55. The largest absolute Gasteiger partial charge is 0.456 e. The second kappa shape index (κ2) is 6.02. The molecule has 0 bridgehead atoms. The van der Waals surface area contributed by atoms with Crippen LogP contribution >= 0.6 is 43.2 Å². The maximum Gasteiger partial charge on any atom is 0.339 e. The third-order valence-electron chi connectivity index (χ3n) is 2.28. The highest BCUT2D eigenvalue weighted by Gasteiger charge is 2.15. The van der Waals surface area contributed by atoms with Crippen LogP contribution in [-0.2, 0) is 11.3 Å². The molecule has 0 unspecified atom stereocenters. The van der Waals surface area contributed by atoms with E-state index in [9.17, 15) is 9.18 Å². The number of anilines is 1. The fourth-order valence-corrected chi connectivity index (χ4v) is 3.24. The van der Waals surface area contributed by atoms with Crippen LogP contribution in [0.1, 0.15) is 15.2 Å². The predicted octanol–water partition coefficient (Wildman–Crippen LogP) is 4.35. The minimum atomic E-state index is -0.578. The molecule has 0 spiro atoms. The highest BCUT2D eigenvalue weighted by Crippen LogP contribution is 2.25. The molecule has 7 heteroatoms. The average molecular weight is 409 g/mol. The Bertz CT molecular complexity index is 630. The van der Waals surface area contributed by atoms with E-state index in [1.807, 2.05) is 12.1 Å². The molecule has 0 saturated carbocycles. The molecule has 19 heavy (non-hydrogen) atoms. The van der Waals surface area contributed by atoms with Crippen LogP contribution in [0.2, 0.25) is 0 Å². The molecule has 1 aromatic heterocycles. The van der Waals surface area contributed by atoms with Gasteiger partial charge in [0.1, 0.15) is 12.4 Å². The summed E-state index contributed by atoms with van der Waals surface area (Å²) < 4.78 is 19.6. The van der Waals surface area contributed by atoms with Crippen molar-refractivity contribution in [3.63, 3.8) is 0 Å². The van der Waals surface area contributed by atoms with Crippen LogP contribution in [-0.4, -0.2) is 5.97 Å². The molecule has 3 nitrogen and oxygen atoms in total. The van der Waals surface area contributed by atoms with Crippen molar-refractivity contribution in [2.24, 2.45) is 0 Å². The number of ether oxygens (including phenoxy) is 1. The minimum absolute atomic E-state index is 0.0889. The van der Waals surface area contributed by atoms with Gasteiger partial charge in [0.2, 0.25) is 0 Å². The Morgan fingerprint density at radius 3 is 2.74 bits per heavy atom. The Morgan fingerprint density at radius 2 is 2.11 bits per heavy atom. The second-order valence-electron chi connectivity index (χ2n) is 3.64. The van der Waals surface area contributed by atoms with Crippen LogP contribution < -0.4 is 5.73 Å². The highest BCUT2D eigenvalue weighted by molar-refractivity contribution is 9.11. The lowest BCUT2D eigenvalue weighted by atomic mass is 10.2. The maximum atomic E-state index is 13.2. The van der Waals surface area contributed by atoms with E-state index in [1.54, 1.807) is 0 Å². The van der Waals surface area contributed by atoms with E-state index >= 15 is 0 Å². The first-order chi connectivity index (χ1) is 8.97. The van der Waals surface area contributed by atoms with E-state index in [0.29, 0.717) is 4.47 Å². The van der Waals surface area contributed by atoms with E-state index in [-0.39, 0.29) is 17.9 Å². The minimum Gasteiger partial charge on any atom is -0.456 e. The van der Waals surface area contributed by atoms with Gasteiger partial charge in [-0.05, 0) is 56.1 Å². The number of carbonyl (C=O) groups is 1. The van der Waals surface area contributed by atoms with Gasteiger partial charge in [0, 0.05) is 9.35 Å². The lowest BCUT2D eigenvalue weighted by Gasteiger charge is -2.07. The molecular formula is C12H8Br2FNO2S. The van der Waals surface area contributed by atoms with Crippen LogP contribution in [0.3, 0.4) is 0 Å². The van der Waals surface area contributed by atoms with Crippen molar-refractivity contribution in [1.29, 1.82) is 0 Å². The van der Waals surface area contributed by atoms with Crippen LogP contribution in [0.25, 0.3) is 0 Å². The monoisotopic (exact) mass is 407 g/mol. The van der Waals surface area contributed by atoms with Gasteiger partial charge in [-0.1, -0.05) is 0 Å². The van der Waals surface area contributed by atoms with Crippen LogP contribution in [0.4, 0.5) is 10.1 Å². The highest BCUT2D eigenvalue weighted by atomic mass is 79.9. The van der Waals surface area contributed by atoms with E-state index < -0.39 is 11.8 Å². The normalized spacial score (nSPS) is 10.5. The predicted molar refractivity (Wildman–Crippen MR) is 79.7 cm³/mol. The summed E-state index contributed by atoms with van der Waals surface area (Å²) in [5, 5.41) is 0. The Kier molecular flexibility index (Phi) is 4.59. The number of esters is 1. The van der Waals surface area contributed by atoms with Crippen molar-refractivity contribution >= 4 is 54.9 Å². The van der Waals surface area contributed by atoms with Crippen LogP contribution in [0, 0.1) is 5.82 Å². The van der Waals surface area contributed by atoms with Crippen molar-refractivity contribution in [2.75, 3.05) is 5.73 Å². The summed E-state index contributed by atoms with van der Waals surface area (Å²) >= 11 is 7.91. The fourth-order valence-electron chi connectivity index (χ4n) is 1.37.